The lowest BCUT2D eigenvalue weighted by atomic mass is 9.52. The average Bonchev–Trinajstić information content (AvgIpc) is 2.61. The van der Waals surface area contributed by atoms with Gasteiger partial charge in [-0.1, -0.05) is 18.2 Å². The Bertz CT molecular complexity index is 662. The molecule has 26 heavy (non-hydrogen) atoms. The van der Waals surface area contributed by atoms with Gasteiger partial charge in [-0.25, -0.2) is 4.39 Å². The molecule has 0 aromatic heterocycles. The van der Waals surface area contributed by atoms with Crippen molar-refractivity contribution >= 4 is 11.9 Å². The van der Waals surface area contributed by atoms with E-state index in [-0.39, 0.29) is 30.2 Å². The molecule has 0 atom stereocenters. The zero-order chi connectivity index (χ0) is 18.1. The highest BCUT2D eigenvalue weighted by atomic mass is 19.1. The first kappa shape index (κ1) is 17.5. The second-order valence-corrected chi connectivity index (χ2v) is 8.26. The van der Waals surface area contributed by atoms with E-state index in [0.29, 0.717) is 30.4 Å². The number of esters is 1. The summed E-state index contributed by atoms with van der Waals surface area (Å²) >= 11 is 0. The molecular formula is C21H26FNO3. The molecule has 4 aliphatic carbocycles. The monoisotopic (exact) mass is 359 g/mol. The number of hydrogen-bond donors (Lipinski definition) is 1. The summed E-state index contributed by atoms with van der Waals surface area (Å²) in [4.78, 5) is 24.5. The van der Waals surface area contributed by atoms with Crippen molar-refractivity contribution in [2.75, 3.05) is 13.2 Å². The maximum absolute atomic E-state index is 13.5. The van der Waals surface area contributed by atoms with Crippen molar-refractivity contribution in [2.24, 2.45) is 29.6 Å². The van der Waals surface area contributed by atoms with Crippen molar-refractivity contribution < 1.29 is 18.7 Å². The molecule has 4 nitrogen and oxygen atoms in total. The van der Waals surface area contributed by atoms with Crippen LogP contribution in [0.2, 0.25) is 0 Å². The van der Waals surface area contributed by atoms with Crippen LogP contribution >= 0.6 is 0 Å². The first-order valence-corrected chi connectivity index (χ1v) is 9.77. The van der Waals surface area contributed by atoms with E-state index in [1.165, 1.54) is 12.5 Å². The Morgan fingerprint density at radius 2 is 1.69 bits per heavy atom. The summed E-state index contributed by atoms with van der Waals surface area (Å²) in [6, 6.07) is 6.52. The molecule has 140 valence electrons. The molecule has 0 unspecified atom stereocenters. The molecule has 4 aliphatic rings. The molecule has 1 N–H and O–H groups in total. The Kier molecular flexibility index (Phi) is 4.96. The molecule has 4 saturated carbocycles. The normalized spacial score (nSPS) is 31.7. The van der Waals surface area contributed by atoms with E-state index in [0.717, 1.165) is 37.5 Å². The lowest BCUT2D eigenvalue weighted by Crippen LogP contribution is -2.48. The molecule has 4 fully saturated rings. The number of benzene rings is 1. The maximum atomic E-state index is 13.5. The lowest BCUT2D eigenvalue weighted by molar-refractivity contribution is -0.164. The highest BCUT2D eigenvalue weighted by molar-refractivity contribution is 5.81. The number of hydrogen-bond acceptors (Lipinski definition) is 3. The number of ether oxygens (including phenoxy) is 1. The molecule has 5 rings (SSSR count). The van der Waals surface area contributed by atoms with Gasteiger partial charge in [0.2, 0.25) is 0 Å². The van der Waals surface area contributed by atoms with Crippen LogP contribution in [0.1, 0.15) is 37.7 Å². The van der Waals surface area contributed by atoms with Gasteiger partial charge in [0.25, 0.3) is 5.91 Å². The highest BCUT2D eigenvalue weighted by Crippen LogP contribution is 2.56. The Morgan fingerprint density at radius 1 is 1.04 bits per heavy atom. The zero-order valence-corrected chi connectivity index (χ0v) is 15.0. The van der Waals surface area contributed by atoms with Gasteiger partial charge in [-0.2, -0.15) is 0 Å². The quantitative estimate of drug-likeness (QED) is 0.794. The van der Waals surface area contributed by atoms with Crippen molar-refractivity contribution in [3.05, 3.63) is 35.6 Å². The van der Waals surface area contributed by atoms with Crippen molar-refractivity contribution in [2.45, 2.75) is 38.5 Å². The highest BCUT2D eigenvalue weighted by Gasteiger charge is 2.51. The molecular weight excluding hydrogens is 333 g/mol. The third-order valence-electron chi connectivity index (χ3n) is 6.52. The Balaban J connectivity index is 1.21. The third kappa shape index (κ3) is 3.62. The van der Waals surface area contributed by atoms with Gasteiger partial charge in [-0.05, 0) is 73.8 Å². The zero-order valence-electron chi connectivity index (χ0n) is 15.0. The van der Waals surface area contributed by atoms with E-state index in [1.807, 2.05) is 0 Å². The Labute approximate surface area is 153 Å². The molecule has 5 heteroatoms. The van der Waals surface area contributed by atoms with E-state index in [2.05, 4.69) is 5.32 Å². The molecule has 0 spiro atoms. The van der Waals surface area contributed by atoms with Gasteiger partial charge in [0.05, 0.1) is 5.92 Å². The third-order valence-corrected chi connectivity index (χ3v) is 6.52. The SMILES string of the molecule is O=C(COC(=O)C1C2CC3CC(C2)CC1C3)NCCc1ccccc1F. The maximum Gasteiger partial charge on any atom is 0.310 e. The van der Waals surface area contributed by atoms with Gasteiger partial charge >= 0.3 is 5.97 Å². The summed E-state index contributed by atoms with van der Waals surface area (Å²) in [5.41, 5.74) is 0.568. The fraction of sp³-hybridized carbons (Fsp3) is 0.619. The van der Waals surface area contributed by atoms with Crippen LogP contribution in [-0.4, -0.2) is 25.0 Å². The van der Waals surface area contributed by atoms with Crippen molar-refractivity contribution in [3.63, 3.8) is 0 Å². The molecule has 1 amide bonds. The van der Waals surface area contributed by atoms with Crippen LogP contribution < -0.4 is 5.32 Å². The van der Waals surface area contributed by atoms with Crippen LogP contribution in [-0.2, 0) is 20.7 Å². The topological polar surface area (TPSA) is 55.4 Å². The van der Waals surface area contributed by atoms with Gasteiger partial charge < -0.3 is 10.1 Å². The van der Waals surface area contributed by atoms with E-state index in [4.69, 9.17) is 4.74 Å². The fourth-order valence-corrected chi connectivity index (χ4v) is 5.63. The molecule has 0 radical (unpaired) electrons. The number of nitrogens with one attached hydrogen (secondary N) is 1. The van der Waals surface area contributed by atoms with Crippen LogP contribution in [0.4, 0.5) is 4.39 Å². The fourth-order valence-electron chi connectivity index (χ4n) is 5.63. The summed E-state index contributed by atoms with van der Waals surface area (Å²) < 4.78 is 18.9. The van der Waals surface area contributed by atoms with Gasteiger partial charge in [-0.15, -0.1) is 0 Å². The minimum atomic E-state index is -0.321. The summed E-state index contributed by atoms with van der Waals surface area (Å²) in [5.74, 6) is 1.75. The second-order valence-electron chi connectivity index (χ2n) is 8.26. The average molecular weight is 359 g/mol. The summed E-state index contributed by atoms with van der Waals surface area (Å²) in [6.07, 6.45) is 6.38. The van der Waals surface area contributed by atoms with Crippen molar-refractivity contribution in [3.8, 4) is 0 Å². The lowest BCUT2D eigenvalue weighted by Gasteiger charge is -2.53. The molecule has 0 heterocycles. The van der Waals surface area contributed by atoms with E-state index in [1.54, 1.807) is 18.2 Å². The van der Waals surface area contributed by atoms with E-state index in [9.17, 15) is 14.0 Å². The van der Waals surface area contributed by atoms with Crippen LogP contribution in [0.5, 0.6) is 0 Å². The summed E-state index contributed by atoms with van der Waals surface area (Å²) in [7, 11) is 0. The number of amides is 1. The van der Waals surface area contributed by atoms with Gasteiger partial charge in [0.1, 0.15) is 5.82 Å². The number of rotatable bonds is 6. The largest absolute Gasteiger partial charge is 0.455 e. The van der Waals surface area contributed by atoms with Crippen LogP contribution in [0.3, 0.4) is 0 Å². The van der Waals surface area contributed by atoms with Crippen LogP contribution in [0, 0.1) is 35.4 Å². The molecule has 0 saturated heterocycles. The first-order valence-electron chi connectivity index (χ1n) is 9.77. The standard InChI is InChI=1S/C21H26FNO3/c22-18-4-2-1-3-15(18)5-6-23-19(24)12-26-21(25)20-16-8-13-7-14(10-16)11-17(20)9-13/h1-4,13-14,16-17,20H,5-12H2,(H,23,24). The minimum absolute atomic E-state index is 0.00554. The van der Waals surface area contributed by atoms with Gasteiger partial charge in [0, 0.05) is 6.54 Å². The predicted molar refractivity (Wildman–Crippen MR) is 94.6 cm³/mol. The van der Waals surface area contributed by atoms with Crippen LogP contribution in [0.25, 0.3) is 0 Å². The van der Waals surface area contributed by atoms with E-state index >= 15 is 0 Å². The van der Waals surface area contributed by atoms with Crippen molar-refractivity contribution in [1.29, 1.82) is 0 Å². The summed E-state index contributed by atoms with van der Waals surface area (Å²) in [6.45, 7) is 0.0915. The smallest absolute Gasteiger partial charge is 0.310 e. The predicted octanol–water partition coefficient (Wildman–Crippen LogP) is 3.10. The molecule has 1 aromatic rings. The Hall–Kier alpha value is -1.91. The molecule has 1 aromatic carbocycles. The van der Waals surface area contributed by atoms with Gasteiger partial charge in [-0.3, -0.25) is 9.59 Å². The van der Waals surface area contributed by atoms with E-state index < -0.39 is 0 Å². The second kappa shape index (κ2) is 7.37. The van der Waals surface area contributed by atoms with Gasteiger partial charge in [0.15, 0.2) is 6.61 Å². The Morgan fingerprint density at radius 3 is 2.35 bits per heavy atom. The first-order chi connectivity index (χ1) is 12.6. The van der Waals surface area contributed by atoms with Crippen LogP contribution in [0.15, 0.2) is 24.3 Å². The van der Waals surface area contributed by atoms with Crippen molar-refractivity contribution in [1.82, 2.24) is 5.32 Å². The summed E-state index contributed by atoms with van der Waals surface area (Å²) in [5, 5.41) is 2.70. The minimum Gasteiger partial charge on any atom is -0.455 e. The number of halogens is 1. The molecule has 0 aliphatic heterocycles. The molecule has 4 bridgehead atoms. The number of carbonyl (C=O) groups is 2. The number of carbonyl (C=O) groups excluding carboxylic acids is 2.